The fourth-order valence-electron chi connectivity index (χ4n) is 1.06. The Morgan fingerprint density at radius 2 is 1.81 bits per heavy atom. The number of aryl methyl sites for hydroxylation is 1. The quantitative estimate of drug-likeness (QED) is 0.839. The number of alkyl halides is 3. The first-order valence-electron chi connectivity index (χ1n) is 4.29. The average molecular weight is 254 g/mol. The topological polar surface area (TPSA) is 46.5 Å². The number of halogens is 3. The van der Waals surface area contributed by atoms with Gasteiger partial charge in [-0.3, -0.25) is 0 Å². The highest BCUT2D eigenvalue weighted by molar-refractivity contribution is 7.79. The van der Waals surface area contributed by atoms with Crippen LogP contribution in [0.3, 0.4) is 0 Å². The van der Waals surface area contributed by atoms with Gasteiger partial charge in [0.2, 0.25) is 0 Å². The molecule has 0 radical (unpaired) electrons. The van der Waals surface area contributed by atoms with E-state index in [4.69, 9.17) is 4.55 Å². The van der Waals surface area contributed by atoms with E-state index in [2.05, 4.69) is 4.74 Å². The lowest BCUT2D eigenvalue weighted by molar-refractivity contribution is -0.274. The van der Waals surface area contributed by atoms with Crippen LogP contribution < -0.4 is 4.74 Å². The maximum Gasteiger partial charge on any atom is 0.573 e. The molecule has 1 aromatic carbocycles. The lowest BCUT2D eigenvalue weighted by Crippen LogP contribution is -2.17. The van der Waals surface area contributed by atoms with Crippen molar-refractivity contribution >= 4 is 11.1 Å². The lowest BCUT2D eigenvalue weighted by Gasteiger charge is -2.08. The van der Waals surface area contributed by atoms with Crippen LogP contribution in [0.5, 0.6) is 5.75 Å². The van der Waals surface area contributed by atoms with Crippen LogP contribution in [0.4, 0.5) is 13.2 Å². The smallest absolute Gasteiger partial charge is 0.406 e. The maximum atomic E-state index is 11.8. The first-order valence-corrected chi connectivity index (χ1v) is 5.56. The number of benzene rings is 1. The van der Waals surface area contributed by atoms with E-state index in [1.165, 1.54) is 24.3 Å². The summed E-state index contributed by atoms with van der Waals surface area (Å²) < 4.78 is 58.0. The van der Waals surface area contributed by atoms with Crippen LogP contribution in [0.25, 0.3) is 0 Å². The molecule has 1 aromatic rings. The summed E-state index contributed by atoms with van der Waals surface area (Å²) in [6.07, 6.45) is -4.37. The van der Waals surface area contributed by atoms with Gasteiger partial charge in [0, 0.05) is 0 Å². The van der Waals surface area contributed by atoms with Gasteiger partial charge in [0.25, 0.3) is 0 Å². The molecule has 0 spiro atoms. The fourth-order valence-corrected chi connectivity index (χ4v) is 1.47. The lowest BCUT2D eigenvalue weighted by atomic mass is 10.2. The zero-order valence-corrected chi connectivity index (χ0v) is 8.85. The molecule has 1 N–H and O–H groups in total. The SMILES string of the molecule is O=S(O)CCc1ccc(OC(F)(F)F)cc1. The summed E-state index contributed by atoms with van der Waals surface area (Å²) in [4.78, 5) is 0. The predicted octanol–water partition coefficient (Wildman–Crippen LogP) is 2.35. The van der Waals surface area contributed by atoms with Crippen molar-refractivity contribution in [2.75, 3.05) is 5.75 Å². The van der Waals surface area contributed by atoms with E-state index in [0.29, 0.717) is 12.0 Å². The summed E-state index contributed by atoms with van der Waals surface area (Å²) in [5.41, 5.74) is 0.678. The van der Waals surface area contributed by atoms with E-state index in [1.807, 2.05) is 0 Å². The molecule has 7 heteroatoms. The second-order valence-corrected chi connectivity index (χ2v) is 4.02. The minimum atomic E-state index is -4.70. The van der Waals surface area contributed by atoms with E-state index < -0.39 is 17.4 Å². The van der Waals surface area contributed by atoms with Crippen molar-refractivity contribution < 1.29 is 26.7 Å². The van der Waals surface area contributed by atoms with Crippen LogP contribution >= 0.6 is 0 Å². The van der Waals surface area contributed by atoms with Crippen molar-refractivity contribution in [1.82, 2.24) is 0 Å². The highest BCUT2D eigenvalue weighted by Crippen LogP contribution is 2.22. The predicted molar refractivity (Wildman–Crippen MR) is 52.5 cm³/mol. The molecule has 16 heavy (non-hydrogen) atoms. The van der Waals surface area contributed by atoms with Crippen molar-refractivity contribution in [3.63, 3.8) is 0 Å². The third kappa shape index (κ3) is 5.13. The van der Waals surface area contributed by atoms with Crippen LogP contribution in [0.15, 0.2) is 24.3 Å². The van der Waals surface area contributed by atoms with Gasteiger partial charge in [0.1, 0.15) is 5.75 Å². The van der Waals surface area contributed by atoms with Gasteiger partial charge in [-0.05, 0) is 24.1 Å². The Kier molecular flexibility index (Phi) is 4.31. The Bertz CT molecular complexity index is 361. The summed E-state index contributed by atoms with van der Waals surface area (Å²) >= 11 is -1.90. The van der Waals surface area contributed by atoms with E-state index in [-0.39, 0.29) is 11.5 Å². The third-order valence-electron chi connectivity index (χ3n) is 1.72. The number of rotatable bonds is 4. The van der Waals surface area contributed by atoms with Gasteiger partial charge in [0.15, 0.2) is 11.1 Å². The van der Waals surface area contributed by atoms with E-state index in [1.54, 1.807) is 0 Å². The molecule has 3 nitrogen and oxygen atoms in total. The minimum absolute atomic E-state index is 0.0550. The molecule has 0 amide bonds. The highest BCUT2D eigenvalue weighted by atomic mass is 32.2. The van der Waals surface area contributed by atoms with Crippen molar-refractivity contribution in [3.8, 4) is 5.75 Å². The second-order valence-electron chi connectivity index (χ2n) is 2.97. The number of hydrogen-bond acceptors (Lipinski definition) is 2. The average Bonchev–Trinajstić information content (AvgIpc) is 2.14. The molecule has 0 aliphatic heterocycles. The second kappa shape index (κ2) is 5.31. The first kappa shape index (κ1) is 13.0. The summed E-state index contributed by atoms with van der Waals surface area (Å²) in [6.45, 7) is 0. The van der Waals surface area contributed by atoms with Crippen molar-refractivity contribution in [2.45, 2.75) is 12.8 Å². The van der Waals surface area contributed by atoms with E-state index in [0.717, 1.165) is 0 Å². The molecule has 0 fully saturated rings. The Morgan fingerprint density at radius 1 is 1.25 bits per heavy atom. The van der Waals surface area contributed by atoms with Gasteiger partial charge in [0.05, 0.1) is 5.75 Å². The van der Waals surface area contributed by atoms with Crippen molar-refractivity contribution in [2.24, 2.45) is 0 Å². The third-order valence-corrected chi connectivity index (χ3v) is 2.28. The minimum Gasteiger partial charge on any atom is -0.406 e. The van der Waals surface area contributed by atoms with E-state index in [9.17, 15) is 17.4 Å². The Morgan fingerprint density at radius 3 is 2.25 bits per heavy atom. The Labute approximate surface area is 92.5 Å². The standard InChI is InChI=1S/C9H9F3O3S/c10-9(11,12)15-8-3-1-7(2-4-8)5-6-16(13)14/h1-4H,5-6H2,(H,13,14). The van der Waals surface area contributed by atoms with Gasteiger partial charge >= 0.3 is 6.36 Å². The maximum absolute atomic E-state index is 11.8. The van der Waals surface area contributed by atoms with Crippen molar-refractivity contribution in [1.29, 1.82) is 0 Å². The highest BCUT2D eigenvalue weighted by Gasteiger charge is 2.30. The molecule has 1 atom stereocenters. The van der Waals surface area contributed by atoms with Crippen LogP contribution in [-0.2, 0) is 17.5 Å². The van der Waals surface area contributed by atoms with Crippen LogP contribution in [0, 0.1) is 0 Å². The summed E-state index contributed by atoms with van der Waals surface area (Å²) in [6, 6.07) is 5.19. The van der Waals surface area contributed by atoms with Gasteiger partial charge in [-0.1, -0.05) is 12.1 Å². The molecule has 0 saturated heterocycles. The molecule has 0 saturated carbocycles. The summed E-state index contributed by atoms with van der Waals surface area (Å²) in [7, 11) is 0. The van der Waals surface area contributed by atoms with Gasteiger partial charge < -0.3 is 9.29 Å². The van der Waals surface area contributed by atoms with Gasteiger partial charge in [-0.2, -0.15) is 0 Å². The fraction of sp³-hybridized carbons (Fsp3) is 0.333. The largest absolute Gasteiger partial charge is 0.573 e. The molecule has 90 valence electrons. The molecule has 0 aliphatic carbocycles. The summed E-state index contributed by atoms with van der Waals surface area (Å²) in [5.74, 6) is -0.249. The Hall–Kier alpha value is -1.08. The molecule has 0 heterocycles. The number of ether oxygens (including phenoxy) is 1. The van der Waals surface area contributed by atoms with Crippen LogP contribution in [-0.4, -0.2) is 20.9 Å². The first-order chi connectivity index (χ1) is 7.37. The van der Waals surface area contributed by atoms with Gasteiger partial charge in [-0.15, -0.1) is 13.2 Å². The van der Waals surface area contributed by atoms with Crippen molar-refractivity contribution in [3.05, 3.63) is 29.8 Å². The van der Waals surface area contributed by atoms with Gasteiger partial charge in [-0.25, -0.2) is 4.21 Å². The molecule has 1 unspecified atom stereocenters. The van der Waals surface area contributed by atoms with E-state index >= 15 is 0 Å². The zero-order valence-electron chi connectivity index (χ0n) is 8.03. The van der Waals surface area contributed by atoms with Crippen LogP contribution in [0.1, 0.15) is 5.56 Å². The Balaban J connectivity index is 2.57. The molecular weight excluding hydrogens is 245 g/mol. The number of hydrogen-bond donors (Lipinski definition) is 1. The molecule has 0 aliphatic rings. The summed E-state index contributed by atoms with van der Waals surface area (Å²) in [5, 5.41) is 0. The molecular formula is C9H9F3O3S. The van der Waals surface area contributed by atoms with Crippen LogP contribution in [0.2, 0.25) is 0 Å². The molecule has 0 bridgehead atoms. The monoisotopic (exact) mass is 254 g/mol. The molecule has 1 rings (SSSR count). The molecule has 0 aromatic heterocycles. The zero-order chi connectivity index (χ0) is 12.2. The normalized spacial score (nSPS) is 13.5.